The van der Waals surface area contributed by atoms with E-state index in [-0.39, 0.29) is 0 Å². The number of aromatic nitrogens is 2. The molecule has 0 aliphatic carbocycles. The van der Waals surface area contributed by atoms with Crippen LogP contribution in [0.15, 0.2) is 34.3 Å². The van der Waals surface area contributed by atoms with Crippen LogP contribution in [0.4, 0.5) is 11.6 Å². The van der Waals surface area contributed by atoms with Gasteiger partial charge in [-0.25, -0.2) is 9.97 Å². The molecule has 0 bridgehead atoms. The maximum absolute atomic E-state index is 6.24. The first-order chi connectivity index (χ1) is 11.9. The van der Waals surface area contributed by atoms with Crippen LogP contribution >= 0.6 is 35.0 Å². The normalized spacial score (nSPS) is 16.9. The van der Waals surface area contributed by atoms with Crippen molar-refractivity contribution in [3.8, 4) is 0 Å². The third kappa shape index (κ3) is 4.15. The molecule has 1 fully saturated rings. The summed E-state index contributed by atoms with van der Waals surface area (Å²) >= 11 is 13.7. The molecule has 1 aromatic heterocycles. The number of nitrogens with zero attached hydrogens (tertiary/aromatic N) is 3. The highest BCUT2D eigenvalue weighted by molar-refractivity contribution is 7.99. The van der Waals surface area contributed by atoms with Crippen molar-refractivity contribution in [2.75, 3.05) is 23.7 Å². The quantitative estimate of drug-likeness (QED) is 0.735. The predicted octanol–water partition coefficient (Wildman–Crippen LogP) is 5.53. The Bertz CT molecular complexity index is 761. The molecular weight excluding hydrogens is 375 g/mol. The van der Waals surface area contributed by atoms with Gasteiger partial charge in [0, 0.05) is 18.0 Å². The van der Waals surface area contributed by atoms with Gasteiger partial charge in [-0.2, -0.15) is 0 Å². The molecule has 25 heavy (non-hydrogen) atoms. The summed E-state index contributed by atoms with van der Waals surface area (Å²) in [6.07, 6.45) is 5.34. The summed E-state index contributed by atoms with van der Waals surface area (Å²) in [5, 5.41) is 1.67. The molecule has 0 unspecified atom stereocenters. The summed E-state index contributed by atoms with van der Waals surface area (Å²) in [5.74, 6) is 1.26. The number of nitrogen functional groups attached to an aromatic ring is 1. The summed E-state index contributed by atoms with van der Waals surface area (Å²) < 4.78 is 0. The van der Waals surface area contributed by atoms with Gasteiger partial charge in [-0.3, -0.25) is 0 Å². The molecule has 2 N–H and O–H groups in total. The molecule has 3 rings (SSSR count). The van der Waals surface area contributed by atoms with E-state index in [0.717, 1.165) is 23.8 Å². The molecule has 0 spiro atoms. The van der Waals surface area contributed by atoms with E-state index in [1.165, 1.54) is 31.0 Å². The first-order valence-corrected chi connectivity index (χ1v) is 9.98. The predicted molar refractivity (Wildman–Crippen MR) is 107 cm³/mol. The van der Waals surface area contributed by atoms with Crippen molar-refractivity contribution >= 4 is 46.6 Å². The molecule has 2 heterocycles. The molecular formula is C18H22Cl2N4S. The molecule has 4 nitrogen and oxygen atoms in total. The molecule has 1 saturated heterocycles. The smallest absolute Gasteiger partial charge is 0.158 e. The van der Waals surface area contributed by atoms with Crippen molar-refractivity contribution in [2.45, 2.75) is 43.0 Å². The van der Waals surface area contributed by atoms with Gasteiger partial charge >= 0.3 is 0 Å². The van der Waals surface area contributed by atoms with Crippen molar-refractivity contribution in [2.24, 2.45) is 5.41 Å². The monoisotopic (exact) mass is 396 g/mol. The van der Waals surface area contributed by atoms with E-state index in [9.17, 15) is 0 Å². The Labute approximate surface area is 163 Å². The molecule has 0 amide bonds. The average molecular weight is 397 g/mol. The van der Waals surface area contributed by atoms with Crippen LogP contribution in [-0.4, -0.2) is 23.1 Å². The minimum absolute atomic E-state index is 0.419. The Morgan fingerprint density at radius 2 is 2.00 bits per heavy atom. The summed E-state index contributed by atoms with van der Waals surface area (Å²) in [5.41, 5.74) is 6.59. The Balaban J connectivity index is 1.74. The number of hydrogen-bond donors (Lipinski definition) is 1. The lowest BCUT2D eigenvalue weighted by atomic mass is 9.78. The molecule has 7 heteroatoms. The molecule has 0 atom stereocenters. The molecule has 0 radical (unpaired) electrons. The first kappa shape index (κ1) is 18.6. The minimum atomic E-state index is 0.419. The fraction of sp³-hybridized carbons (Fsp3) is 0.444. The molecule has 1 aliphatic heterocycles. The topological polar surface area (TPSA) is 55.0 Å². The number of nitrogens with two attached hydrogens (primary N) is 1. The van der Waals surface area contributed by atoms with Gasteiger partial charge < -0.3 is 10.6 Å². The first-order valence-electron chi connectivity index (χ1n) is 8.41. The highest BCUT2D eigenvalue weighted by Crippen LogP contribution is 2.39. The number of halogens is 2. The second-order valence-electron chi connectivity index (χ2n) is 6.72. The van der Waals surface area contributed by atoms with Crippen molar-refractivity contribution < 1.29 is 0 Å². The van der Waals surface area contributed by atoms with Gasteiger partial charge in [0.15, 0.2) is 5.82 Å². The SMILES string of the molecule is CCC1(C)CCN(c2cnc(Sc3cccc(Cl)c3Cl)c(N)n2)CC1. The minimum Gasteiger partial charge on any atom is -0.381 e. The lowest BCUT2D eigenvalue weighted by Crippen LogP contribution is -2.39. The van der Waals surface area contributed by atoms with Crippen molar-refractivity contribution in [3.63, 3.8) is 0 Å². The van der Waals surface area contributed by atoms with Crippen LogP contribution in [-0.2, 0) is 0 Å². The average Bonchev–Trinajstić information content (AvgIpc) is 2.61. The third-order valence-corrected chi connectivity index (χ3v) is 7.02. The summed E-state index contributed by atoms with van der Waals surface area (Å²) in [6, 6.07) is 5.50. The fourth-order valence-corrected chi connectivity index (χ4v) is 4.19. The molecule has 134 valence electrons. The van der Waals surface area contributed by atoms with E-state index in [4.69, 9.17) is 28.9 Å². The van der Waals surface area contributed by atoms with E-state index >= 15 is 0 Å². The van der Waals surface area contributed by atoms with Gasteiger partial charge in [0.2, 0.25) is 0 Å². The van der Waals surface area contributed by atoms with Gasteiger partial charge in [0.1, 0.15) is 10.8 Å². The summed E-state index contributed by atoms with van der Waals surface area (Å²) in [7, 11) is 0. The van der Waals surface area contributed by atoms with E-state index < -0.39 is 0 Å². The van der Waals surface area contributed by atoms with Crippen LogP contribution in [0.25, 0.3) is 0 Å². The number of hydrogen-bond acceptors (Lipinski definition) is 5. The van der Waals surface area contributed by atoms with Crippen molar-refractivity contribution in [3.05, 3.63) is 34.4 Å². The molecule has 0 saturated carbocycles. The van der Waals surface area contributed by atoms with Crippen LogP contribution in [0.1, 0.15) is 33.1 Å². The zero-order valence-corrected chi connectivity index (χ0v) is 16.8. The van der Waals surface area contributed by atoms with Gasteiger partial charge in [-0.05, 0) is 30.4 Å². The van der Waals surface area contributed by atoms with Gasteiger partial charge in [-0.1, -0.05) is 61.3 Å². The number of rotatable bonds is 4. The second kappa shape index (κ2) is 7.60. The Kier molecular flexibility index (Phi) is 5.66. The lowest BCUT2D eigenvalue weighted by molar-refractivity contribution is 0.237. The standard InChI is InChI=1S/C18H22Cl2N4S/c1-3-18(2)7-9-24(10-8-18)14-11-22-17(16(21)23-14)25-13-6-4-5-12(19)15(13)20/h4-6,11H,3,7-10H2,1-2H3,(H2,21,23). The van der Waals surface area contributed by atoms with Crippen molar-refractivity contribution in [1.29, 1.82) is 0 Å². The fourth-order valence-electron chi connectivity index (χ4n) is 2.91. The highest BCUT2D eigenvalue weighted by atomic mass is 35.5. The van der Waals surface area contributed by atoms with Crippen LogP contribution in [0.3, 0.4) is 0 Å². The maximum Gasteiger partial charge on any atom is 0.158 e. The molecule has 1 aliphatic rings. The number of benzene rings is 1. The number of anilines is 2. The van der Waals surface area contributed by atoms with Crippen LogP contribution < -0.4 is 10.6 Å². The summed E-state index contributed by atoms with van der Waals surface area (Å²) in [4.78, 5) is 12.2. The third-order valence-electron chi connectivity index (χ3n) is 5.02. The zero-order valence-electron chi connectivity index (χ0n) is 14.4. The van der Waals surface area contributed by atoms with Crippen molar-refractivity contribution in [1.82, 2.24) is 9.97 Å². The number of piperidine rings is 1. The van der Waals surface area contributed by atoms with Crippen LogP contribution in [0.5, 0.6) is 0 Å². The molecule has 2 aromatic rings. The lowest BCUT2D eigenvalue weighted by Gasteiger charge is -2.39. The maximum atomic E-state index is 6.24. The Morgan fingerprint density at radius 3 is 2.64 bits per heavy atom. The van der Waals surface area contributed by atoms with E-state index in [2.05, 4.69) is 28.7 Å². The van der Waals surface area contributed by atoms with E-state index in [1.807, 2.05) is 12.1 Å². The van der Waals surface area contributed by atoms with Gasteiger partial charge in [0.25, 0.3) is 0 Å². The second-order valence-corrected chi connectivity index (χ2v) is 8.54. The van der Waals surface area contributed by atoms with Gasteiger partial charge in [-0.15, -0.1) is 0 Å². The van der Waals surface area contributed by atoms with E-state index in [1.54, 1.807) is 12.3 Å². The summed E-state index contributed by atoms with van der Waals surface area (Å²) in [6.45, 7) is 6.61. The largest absolute Gasteiger partial charge is 0.381 e. The zero-order chi connectivity index (χ0) is 18.0. The van der Waals surface area contributed by atoms with Crippen LogP contribution in [0.2, 0.25) is 10.0 Å². The van der Waals surface area contributed by atoms with E-state index in [0.29, 0.717) is 26.3 Å². The van der Waals surface area contributed by atoms with Gasteiger partial charge in [0.05, 0.1) is 16.2 Å². The Morgan fingerprint density at radius 1 is 1.28 bits per heavy atom. The Hall–Kier alpha value is -1.17. The van der Waals surface area contributed by atoms with Crippen LogP contribution in [0, 0.1) is 5.41 Å². The highest BCUT2D eigenvalue weighted by Gasteiger charge is 2.29. The molecule has 1 aromatic carbocycles.